The first-order valence-electron chi connectivity index (χ1n) is 10.9. The van der Waals surface area contributed by atoms with Gasteiger partial charge in [0.2, 0.25) is 5.95 Å². The van der Waals surface area contributed by atoms with Crippen LogP contribution in [-0.4, -0.2) is 42.4 Å². The van der Waals surface area contributed by atoms with Crippen molar-refractivity contribution in [1.82, 2.24) is 14.3 Å². The molecule has 1 heterocycles. The molecule has 1 aromatic heterocycles. The SMILES string of the molecule is CCOc1cc(Cc2cnc(N)nc2N)cc(OS(=O)(=O)N(C)C2CC2)c1-c1ccc(N)cc1. The molecule has 3 aromatic rings. The Balaban J connectivity index is 1.83. The minimum absolute atomic E-state index is 0.0498. The zero-order valence-electron chi connectivity index (χ0n) is 19.1. The summed E-state index contributed by atoms with van der Waals surface area (Å²) in [6.07, 6.45) is 3.49. The zero-order valence-corrected chi connectivity index (χ0v) is 19.9. The van der Waals surface area contributed by atoms with Crippen molar-refractivity contribution in [1.29, 1.82) is 0 Å². The van der Waals surface area contributed by atoms with Crippen LogP contribution in [0, 0.1) is 0 Å². The van der Waals surface area contributed by atoms with E-state index in [-0.39, 0.29) is 23.6 Å². The first-order chi connectivity index (χ1) is 16.2. The zero-order chi connectivity index (χ0) is 24.5. The predicted octanol–water partition coefficient (Wildman–Crippen LogP) is 2.60. The number of benzene rings is 2. The van der Waals surface area contributed by atoms with Crippen LogP contribution in [-0.2, 0) is 16.7 Å². The van der Waals surface area contributed by atoms with Crippen LogP contribution in [0.25, 0.3) is 11.1 Å². The summed E-state index contributed by atoms with van der Waals surface area (Å²) in [5.41, 5.74) is 20.6. The number of rotatable bonds is 9. The molecule has 34 heavy (non-hydrogen) atoms. The maximum absolute atomic E-state index is 13.0. The lowest BCUT2D eigenvalue weighted by molar-refractivity contribution is 0.339. The van der Waals surface area contributed by atoms with E-state index in [1.807, 2.05) is 13.0 Å². The second-order valence-electron chi connectivity index (χ2n) is 8.13. The molecule has 0 saturated heterocycles. The van der Waals surface area contributed by atoms with E-state index < -0.39 is 10.3 Å². The number of hydrogen-bond donors (Lipinski definition) is 3. The molecule has 1 saturated carbocycles. The van der Waals surface area contributed by atoms with Gasteiger partial charge < -0.3 is 26.1 Å². The molecule has 0 bridgehead atoms. The summed E-state index contributed by atoms with van der Waals surface area (Å²) in [6, 6.07) is 10.5. The average molecular weight is 485 g/mol. The Morgan fingerprint density at radius 1 is 1.09 bits per heavy atom. The van der Waals surface area contributed by atoms with Crippen LogP contribution in [0.3, 0.4) is 0 Å². The van der Waals surface area contributed by atoms with Gasteiger partial charge in [-0.05, 0) is 55.2 Å². The summed E-state index contributed by atoms with van der Waals surface area (Å²) in [4.78, 5) is 8.01. The Hall–Kier alpha value is -3.57. The molecule has 10 nitrogen and oxygen atoms in total. The van der Waals surface area contributed by atoms with Gasteiger partial charge >= 0.3 is 10.3 Å². The van der Waals surface area contributed by atoms with Crippen LogP contribution in [0.1, 0.15) is 30.9 Å². The molecule has 4 rings (SSSR count). The lowest BCUT2D eigenvalue weighted by Gasteiger charge is -2.21. The van der Waals surface area contributed by atoms with Gasteiger partial charge in [0, 0.05) is 37.0 Å². The van der Waals surface area contributed by atoms with Gasteiger partial charge in [-0.15, -0.1) is 0 Å². The standard InChI is InChI=1S/C23H28N6O4S/c1-3-32-19-11-14(10-16-13-27-23(26)28-22(16)25)12-20(21(19)15-4-6-17(24)7-5-15)33-34(30,31)29(2)18-8-9-18/h4-7,11-13,18H,3,8-10,24H2,1-2H3,(H4,25,26,27,28). The van der Waals surface area contributed by atoms with Crippen molar-refractivity contribution in [2.45, 2.75) is 32.2 Å². The van der Waals surface area contributed by atoms with Crippen molar-refractivity contribution in [2.75, 3.05) is 30.9 Å². The minimum Gasteiger partial charge on any atom is -0.493 e. The summed E-state index contributed by atoms with van der Waals surface area (Å²) in [5.74, 6) is 0.942. The van der Waals surface area contributed by atoms with Crippen LogP contribution in [0.4, 0.5) is 17.5 Å². The molecule has 1 fully saturated rings. The van der Waals surface area contributed by atoms with Gasteiger partial charge in [0.1, 0.15) is 11.6 Å². The first kappa shape index (κ1) is 23.6. The quantitative estimate of drug-likeness (QED) is 0.388. The third kappa shape index (κ3) is 5.15. The number of nitrogens with two attached hydrogens (primary N) is 3. The lowest BCUT2D eigenvalue weighted by Crippen LogP contribution is -2.32. The number of nitrogen functional groups attached to an aromatic ring is 3. The van der Waals surface area contributed by atoms with Crippen molar-refractivity contribution in [3.05, 3.63) is 53.7 Å². The van der Waals surface area contributed by atoms with Gasteiger partial charge in [-0.25, -0.2) is 4.98 Å². The Labute approximate surface area is 199 Å². The molecule has 0 unspecified atom stereocenters. The molecule has 180 valence electrons. The topological polar surface area (TPSA) is 160 Å². The number of hydrogen-bond acceptors (Lipinski definition) is 9. The van der Waals surface area contributed by atoms with E-state index in [0.717, 1.165) is 12.8 Å². The Morgan fingerprint density at radius 2 is 1.76 bits per heavy atom. The molecule has 0 atom stereocenters. The summed E-state index contributed by atoms with van der Waals surface area (Å²) < 4.78 is 39.0. The van der Waals surface area contributed by atoms with E-state index in [4.69, 9.17) is 26.1 Å². The summed E-state index contributed by atoms with van der Waals surface area (Å²) in [7, 11) is -2.51. The van der Waals surface area contributed by atoms with E-state index in [1.54, 1.807) is 36.5 Å². The molecule has 6 N–H and O–H groups in total. The van der Waals surface area contributed by atoms with E-state index in [0.29, 0.717) is 46.7 Å². The molecule has 0 radical (unpaired) electrons. The normalized spacial score (nSPS) is 13.7. The van der Waals surface area contributed by atoms with E-state index in [1.165, 1.54) is 11.4 Å². The highest BCUT2D eigenvalue weighted by Crippen LogP contribution is 2.42. The highest BCUT2D eigenvalue weighted by molar-refractivity contribution is 7.84. The lowest BCUT2D eigenvalue weighted by atomic mass is 9.98. The van der Waals surface area contributed by atoms with Crippen LogP contribution < -0.4 is 26.1 Å². The Morgan fingerprint density at radius 3 is 2.38 bits per heavy atom. The molecular formula is C23H28N6O4S. The molecule has 1 aliphatic rings. The van der Waals surface area contributed by atoms with Crippen LogP contribution in [0.15, 0.2) is 42.6 Å². The summed E-state index contributed by atoms with van der Waals surface area (Å²) >= 11 is 0. The van der Waals surface area contributed by atoms with Gasteiger partial charge in [-0.3, -0.25) is 0 Å². The summed E-state index contributed by atoms with van der Waals surface area (Å²) in [6.45, 7) is 2.22. The molecular weight excluding hydrogens is 456 g/mol. The van der Waals surface area contributed by atoms with Crippen molar-refractivity contribution >= 4 is 27.8 Å². The fraction of sp³-hybridized carbons (Fsp3) is 0.304. The van der Waals surface area contributed by atoms with E-state index in [9.17, 15) is 8.42 Å². The fourth-order valence-corrected chi connectivity index (χ4v) is 4.65. The molecule has 1 aliphatic carbocycles. The monoisotopic (exact) mass is 484 g/mol. The van der Waals surface area contributed by atoms with Crippen molar-refractivity contribution in [3.63, 3.8) is 0 Å². The maximum Gasteiger partial charge on any atom is 0.385 e. The van der Waals surface area contributed by atoms with E-state index in [2.05, 4.69) is 9.97 Å². The Kier molecular flexibility index (Phi) is 6.49. The second-order valence-corrected chi connectivity index (χ2v) is 9.72. The molecule has 2 aromatic carbocycles. The molecule has 0 amide bonds. The first-order valence-corrected chi connectivity index (χ1v) is 12.2. The van der Waals surface area contributed by atoms with Crippen molar-refractivity contribution < 1.29 is 17.3 Å². The van der Waals surface area contributed by atoms with Gasteiger partial charge in [0.15, 0.2) is 5.75 Å². The number of aromatic nitrogens is 2. The summed E-state index contributed by atoms with van der Waals surface area (Å²) in [5, 5.41) is 0. The predicted molar refractivity (Wildman–Crippen MR) is 131 cm³/mol. The number of ether oxygens (including phenoxy) is 1. The molecule has 0 aliphatic heterocycles. The largest absolute Gasteiger partial charge is 0.493 e. The second kappa shape index (κ2) is 9.35. The maximum atomic E-state index is 13.0. The van der Waals surface area contributed by atoms with Gasteiger partial charge in [0.25, 0.3) is 0 Å². The van der Waals surface area contributed by atoms with Crippen molar-refractivity contribution in [2.24, 2.45) is 0 Å². The third-order valence-electron chi connectivity index (χ3n) is 5.55. The highest BCUT2D eigenvalue weighted by Gasteiger charge is 2.36. The smallest absolute Gasteiger partial charge is 0.385 e. The average Bonchev–Trinajstić information content (AvgIpc) is 3.61. The van der Waals surface area contributed by atoms with Gasteiger partial charge in [-0.2, -0.15) is 17.7 Å². The number of anilines is 3. The van der Waals surface area contributed by atoms with Crippen LogP contribution in [0.2, 0.25) is 0 Å². The third-order valence-corrected chi connectivity index (χ3v) is 6.94. The molecule has 11 heteroatoms. The number of nitrogens with zero attached hydrogens (tertiary/aromatic N) is 3. The van der Waals surface area contributed by atoms with Crippen LogP contribution in [0.5, 0.6) is 11.5 Å². The minimum atomic E-state index is -4.04. The van der Waals surface area contributed by atoms with Crippen molar-refractivity contribution in [3.8, 4) is 22.6 Å². The van der Waals surface area contributed by atoms with Crippen LogP contribution >= 0.6 is 0 Å². The van der Waals surface area contributed by atoms with Gasteiger partial charge in [-0.1, -0.05) is 12.1 Å². The molecule has 0 spiro atoms. The Bertz CT molecular complexity index is 1290. The highest BCUT2D eigenvalue weighted by atomic mass is 32.2. The van der Waals surface area contributed by atoms with E-state index >= 15 is 0 Å². The van der Waals surface area contributed by atoms with Gasteiger partial charge in [0.05, 0.1) is 12.2 Å². The fourth-order valence-electron chi connectivity index (χ4n) is 3.60.